The minimum absolute atomic E-state index is 0.0545. The molecule has 0 amide bonds. The molecule has 0 saturated carbocycles. The molecule has 3 rings (SSSR count). The largest absolute Gasteiger partial charge is 0.289 e. The molecule has 0 spiro atoms. The predicted octanol–water partition coefficient (Wildman–Crippen LogP) is 5.25. The third kappa shape index (κ3) is 3.61. The van der Waals surface area contributed by atoms with Crippen molar-refractivity contribution >= 4 is 17.4 Å². The van der Waals surface area contributed by atoms with Gasteiger partial charge in [-0.2, -0.15) is 0 Å². The molecule has 0 aliphatic carbocycles. The molecule has 2 heteroatoms. The number of Topliss-reactive ketones (excluding diaryl/α,β-unsaturated/α-hetero) is 1. The van der Waals surface area contributed by atoms with E-state index in [4.69, 9.17) is 0 Å². The number of ketones is 1. The van der Waals surface area contributed by atoms with Gasteiger partial charge >= 0.3 is 0 Å². The molecule has 1 nitrogen and oxygen atoms in total. The maximum absolute atomic E-state index is 13.1. The lowest BCUT2D eigenvalue weighted by molar-refractivity contribution is 0.105. The summed E-state index contributed by atoms with van der Waals surface area (Å²) in [7, 11) is 0. The van der Waals surface area contributed by atoms with Gasteiger partial charge < -0.3 is 0 Å². The SMILES string of the molecule is O=C(/C(=C/c1ccc(F)cc1)c1ccccc1)c1ccccc1. The van der Waals surface area contributed by atoms with E-state index in [2.05, 4.69) is 0 Å². The predicted molar refractivity (Wildman–Crippen MR) is 91.5 cm³/mol. The van der Waals surface area contributed by atoms with Crippen molar-refractivity contribution in [1.29, 1.82) is 0 Å². The van der Waals surface area contributed by atoms with E-state index in [1.54, 1.807) is 30.3 Å². The van der Waals surface area contributed by atoms with Crippen LogP contribution in [-0.4, -0.2) is 5.78 Å². The van der Waals surface area contributed by atoms with Gasteiger partial charge in [-0.3, -0.25) is 4.79 Å². The first kappa shape index (κ1) is 14.9. The number of carbonyl (C=O) groups excluding carboxylic acids is 1. The molecular formula is C21H15FO. The Morgan fingerprint density at radius 2 is 1.22 bits per heavy atom. The van der Waals surface area contributed by atoms with Crippen molar-refractivity contribution in [2.45, 2.75) is 0 Å². The summed E-state index contributed by atoms with van der Waals surface area (Å²) in [5, 5.41) is 0. The van der Waals surface area contributed by atoms with E-state index >= 15 is 0 Å². The first-order valence-electron chi connectivity index (χ1n) is 7.36. The highest BCUT2D eigenvalue weighted by Crippen LogP contribution is 2.23. The van der Waals surface area contributed by atoms with Gasteiger partial charge in [0, 0.05) is 11.1 Å². The van der Waals surface area contributed by atoms with Crippen molar-refractivity contribution in [3.8, 4) is 0 Å². The Kier molecular flexibility index (Phi) is 4.44. The third-order valence-corrected chi connectivity index (χ3v) is 3.55. The van der Waals surface area contributed by atoms with Gasteiger partial charge in [0.25, 0.3) is 0 Å². The summed E-state index contributed by atoms with van der Waals surface area (Å²) in [5.74, 6) is -0.348. The van der Waals surface area contributed by atoms with Crippen molar-refractivity contribution in [1.82, 2.24) is 0 Å². The van der Waals surface area contributed by atoms with Gasteiger partial charge in [0.1, 0.15) is 5.82 Å². The Labute approximate surface area is 134 Å². The van der Waals surface area contributed by atoms with E-state index in [1.165, 1.54) is 12.1 Å². The van der Waals surface area contributed by atoms with Crippen molar-refractivity contribution in [2.24, 2.45) is 0 Å². The van der Waals surface area contributed by atoms with Crippen LogP contribution in [0.4, 0.5) is 4.39 Å². The zero-order chi connectivity index (χ0) is 16.1. The lowest BCUT2D eigenvalue weighted by Gasteiger charge is -2.08. The number of halogens is 1. The Bertz CT molecular complexity index is 819. The second-order valence-electron chi connectivity index (χ2n) is 5.17. The lowest BCUT2D eigenvalue weighted by Crippen LogP contribution is -2.02. The molecule has 0 bridgehead atoms. The molecule has 3 aromatic rings. The van der Waals surface area contributed by atoms with Gasteiger partial charge in [0.2, 0.25) is 0 Å². The monoisotopic (exact) mass is 302 g/mol. The minimum atomic E-state index is -0.294. The van der Waals surface area contributed by atoms with E-state index in [9.17, 15) is 9.18 Å². The Morgan fingerprint density at radius 3 is 1.78 bits per heavy atom. The van der Waals surface area contributed by atoms with E-state index in [0.717, 1.165) is 11.1 Å². The molecule has 0 aliphatic heterocycles. The molecule has 23 heavy (non-hydrogen) atoms. The van der Waals surface area contributed by atoms with Gasteiger partial charge in [0.05, 0.1) is 0 Å². The van der Waals surface area contributed by atoms with Crippen molar-refractivity contribution in [3.63, 3.8) is 0 Å². The summed E-state index contributed by atoms with van der Waals surface area (Å²) in [5.41, 5.74) is 2.84. The minimum Gasteiger partial charge on any atom is -0.289 e. The standard InChI is InChI=1S/C21H15FO/c22-19-13-11-16(12-14-19)15-20(17-7-3-1-4-8-17)21(23)18-9-5-2-6-10-18/h1-15H/b20-15+. The summed E-state index contributed by atoms with van der Waals surface area (Å²) >= 11 is 0. The summed E-state index contributed by atoms with van der Waals surface area (Å²) in [4.78, 5) is 12.9. The molecule has 0 heterocycles. The second kappa shape index (κ2) is 6.84. The molecule has 0 radical (unpaired) electrons. The van der Waals surface area contributed by atoms with Crippen LogP contribution >= 0.6 is 0 Å². The number of benzene rings is 3. The third-order valence-electron chi connectivity index (χ3n) is 3.55. The Morgan fingerprint density at radius 1 is 0.696 bits per heavy atom. The van der Waals surface area contributed by atoms with Crippen molar-refractivity contribution in [2.75, 3.05) is 0 Å². The van der Waals surface area contributed by atoms with Crippen molar-refractivity contribution < 1.29 is 9.18 Å². The fourth-order valence-electron chi connectivity index (χ4n) is 2.37. The molecule has 0 unspecified atom stereocenters. The first-order chi connectivity index (χ1) is 11.2. The van der Waals surface area contributed by atoms with Crippen molar-refractivity contribution in [3.05, 3.63) is 107 Å². The lowest BCUT2D eigenvalue weighted by atomic mass is 9.95. The zero-order valence-electron chi connectivity index (χ0n) is 12.4. The Balaban J connectivity index is 2.07. The van der Waals surface area contributed by atoms with Crippen LogP contribution in [0.15, 0.2) is 84.9 Å². The molecule has 0 saturated heterocycles. The zero-order valence-corrected chi connectivity index (χ0v) is 12.4. The highest BCUT2D eigenvalue weighted by molar-refractivity contribution is 6.32. The molecule has 0 atom stereocenters. The van der Waals surface area contributed by atoms with Crippen LogP contribution in [-0.2, 0) is 0 Å². The van der Waals surface area contributed by atoms with E-state index in [-0.39, 0.29) is 11.6 Å². The van der Waals surface area contributed by atoms with Gasteiger partial charge in [-0.15, -0.1) is 0 Å². The highest BCUT2D eigenvalue weighted by Gasteiger charge is 2.14. The first-order valence-corrected chi connectivity index (χ1v) is 7.36. The Hall–Kier alpha value is -3.00. The molecule has 3 aromatic carbocycles. The number of hydrogen-bond acceptors (Lipinski definition) is 1. The summed E-state index contributed by atoms with van der Waals surface area (Å²) in [6.45, 7) is 0. The summed E-state index contributed by atoms with van der Waals surface area (Å²) in [6.07, 6.45) is 1.80. The second-order valence-corrected chi connectivity index (χ2v) is 5.17. The van der Waals surface area contributed by atoms with Crippen LogP contribution < -0.4 is 0 Å². The molecule has 0 fully saturated rings. The summed E-state index contributed by atoms with van der Waals surface area (Å²) in [6, 6.07) is 24.8. The topological polar surface area (TPSA) is 17.1 Å². The molecule has 0 aromatic heterocycles. The molecule has 112 valence electrons. The van der Waals surface area contributed by atoms with E-state index in [1.807, 2.05) is 48.5 Å². The average Bonchev–Trinajstić information content (AvgIpc) is 2.62. The van der Waals surface area contributed by atoms with Crippen LogP contribution in [0.25, 0.3) is 11.6 Å². The van der Waals surface area contributed by atoms with Gasteiger partial charge in [0.15, 0.2) is 5.78 Å². The van der Waals surface area contributed by atoms with E-state index < -0.39 is 0 Å². The maximum atomic E-state index is 13.1. The number of allylic oxidation sites excluding steroid dienone is 1. The normalized spacial score (nSPS) is 11.3. The van der Waals surface area contributed by atoms with Gasteiger partial charge in [-0.25, -0.2) is 4.39 Å². The van der Waals surface area contributed by atoms with E-state index in [0.29, 0.717) is 11.1 Å². The molecule has 0 N–H and O–H groups in total. The fourth-order valence-corrected chi connectivity index (χ4v) is 2.37. The van der Waals surface area contributed by atoms with Gasteiger partial charge in [-0.05, 0) is 29.3 Å². The number of hydrogen-bond donors (Lipinski definition) is 0. The quantitative estimate of drug-likeness (QED) is 0.365. The highest BCUT2D eigenvalue weighted by atomic mass is 19.1. The fraction of sp³-hybridized carbons (Fsp3) is 0. The number of rotatable bonds is 4. The average molecular weight is 302 g/mol. The molecule has 0 aliphatic rings. The summed E-state index contributed by atoms with van der Waals surface area (Å²) < 4.78 is 13.1. The van der Waals surface area contributed by atoms with Crippen LogP contribution in [0, 0.1) is 5.82 Å². The van der Waals surface area contributed by atoms with Crippen LogP contribution in [0.5, 0.6) is 0 Å². The smallest absolute Gasteiger partial charge is 0.193 e. The number of carbonyl (C=O) groups is 1. The van der Waals surface area contributed by atoms with Crippen LogP contribution in [0.3, 0.4) is 0 Å². The van der Waals surface area contributed by atoms with Crippen LogP contribution in [0.1, 0.15) is 21.5 Å². The van der Waals surface area contributed by atoms with Crippen LogP contribution in [0.2, 0.25) is 0 Å². The molecular weight excluding hydrogens is 287 g/mol. The van der Waals surface area contributed by atoms with Gasteiger partial charge in [-0.1, -0.05) is 72.8 Å². The maximum Gasteiger partial charge on any atom is 0.193 e.